The molecule has 1 atom stereocenters. The van der Waals surface area contributed by atoms with Gasteiger partial charge in [-0.05, 0) is 49.6 Å². The van der Waals surface area contributed by atoms with Gasteiger partial charge in [0.25, 0.3) is 10.0 Å². The molecule has 202 valence electrons. The molecule has 0 aliphatic heterocycles. The van der Waals surface area contributed by atoms with Crippen LogP contribution in [-0.2, 0) is 32.6 Å². The van der Waals surface area contributed by atoms with Gasteiger partial charge in [0.15, 0.2) is 0 Å². The maximum Gasteiger partial charge on any atom is 0.264 e. The van der Waals surface area contributed by atoms with Crippen molar-refractivity contribution in [3.05, 3.63) is 95.8 Å². The number of benzene rings is 3. The Bertz CT molecular complexity index is 1350. The summed E-state index contributed by atoms with van der Waals surface area (Å²) in [4.78, 5) is 28.0. The van der Waals surface area contributed by atoms with E-state index >= 15 is 0 Å². The smallest absolute Gasteiger partial charge is 0.264 e. The second-order valence-corrected chi connectivity index (χ2v) is 10.7. The van der Waals surface area contributed by atoms with Crippen molar-refractivity contribution in [3.8, 4) is 0 Å². The van der Waals surface area contributed by atoms with E-state index in [0.717, 1.165) is 9.87 Å². The third-order valence-corrected chi connectivity index (χ3v) is 8.04. The predicted molar refractivity (Wildman–Crippen MR) is 147 cm³/mol. The Kier molecular flexibility index (Phi) is 10.0. The molecule has 3 rings (SSSR count). The lowest BCUT2D eigenvalue weighted by Gasteiger charge is -2.32. The first-order chi connectivity index (χ1) is 18.2. The van der Waals surface area contributed by atoms with Crippen LogP contribution in [0.3, 0.4) is 0 Å². The molecule has 3 aromatic rings. The van der Waals surface area contributed by atoms with E-state index in [-0.39, 0.29) is 17.0 Å². The van der Waals surface area contributed by atoms with Gasteiger partial charge in [0, 0.05) is 18.7 Å². The molecule has 0 fully saturated rings. The number of nitrogens with one attached hydrogen (secondary N) is 1. The fourth-order valence-corrected chi connectivity index (χ4v) is 5.55. The van der Waals surface area contributed by atoms with E-state index in [0.29, 0.717) is 25.1 Å². The zero-order valence-corrected chi connectivity index (χ0v) is 22.7. The molecular formula is C29H34FN3O4S. The molecule has 0 saturated heterocycles. The molecule has 0 unspecified atom stereocenters. The number of sulfonamides is 1. The number of para-hydroxylation sites is 1. The van der Waals surface area contributed by atoms with Crippen molar-refractivity contribution >= 4 is 27.5 Å². The summed E-state index contributed by atoms with van der Waals surface area (Å²) >= 11 is 0. The third kappa shape index (κ3) is 6.77. The van der Waals surface area contributed by atoms with Gasteiger partial charge < -0.3 is 10.2 Å². The first-order valence-electron chi connectivity index (χ1n) is 12.7. The van der Waals surface area contributed by atoms with Crippen molar-refractivity contribution in [1.82, 2.24) is 10.2 Å². The maximum atomic E-state index is 14.6. The lowest BCUT2D eigenvalue weighted by Crippen LogP contribution is -2.51. The van der Waals surface area contributed by atoms with Crippen LogP contribution in [0, 0.1) is 5.82 Å². The Morgan fingerprint density at radius 2 is 1.50 bits per heavy atom. The quantitative estimate of drug-likeness (QED) is 0.367. The number of hydrogen-bond acceptors (Lipinski definition) is 4. The highest BCUT2D eigenvalue weighted by atomic mass is 32.2. The van der Waals surface area contributed by atoms with E-state index in [1.807, 2.05) is 26.0 Å². The monoisotopic (exact) mass is 539 g/mol. The molecule has 0 bridgehead atoms. The topological polar surface area (TPSA) is 86.8 Å². The molecule has 0 radical (unpaired) electrons. The first-order valence-corrected chi connectivity index (χ1v) is 14.1. The van der Waals surface area contributed by atoms with E-state index in [1.165, 1.54) is 35.2 Å². The van der Waals surface area contributed by atoms with Gasteiger partial charge in [-0.1, -0.05) is 68.4 Å². The molecule has 0 aliphatic rings. The number of nitrogens with zero attached hydrogens (tertiary/aromatic N) is 2. The predicted octanol–water partition coefficient (Wildman–Crippen LogP) is 4.53. The normalized spacial score (nSPS) is 12.0. The summed E-state index contributed by atoms with van der Waals surface area (Å²) in [5.41, 5.74) is 1.35. The van der Waals surface area contributed by atoms with Gasteiger partial charge in [-0.15, -0.1) is 0 Å². The van der Waals surface area contributed by atoms with Gasteiger partial charge in [-0.2, -0.15) is 0 Å². The van der Waals surface area contributed by atoms with Crippen LogP contribution in [0.15, 0.2) is 83.8 Å². The third-order valence-electron chi connectivity index (χ3n) is 6.27. The van der Waals surface area contributed by atoms with E-state index < -0.39 is 40.2 Å². The zero-order valence-electron chi connectivity index (χ0n) is 21.9. The Balaban J connectivity index is 2.05. The van der Waals surface area contributed by atoms with Crippen LogP contribution >= 0.6 is 0 Å². The summed E-state index contributed by atoms with van der Waals surface area (Å²) in [5, 5.41) is 2.77. The number of carbonyl (C=O) groups excluding carboxylic acids is 2. The first kappa shape index (κ1) is 28.8. The molecule has 0 heterocycles. The molecule has 2 amide bonds. The fourth-order valence-electron chi connectivity index (χ4n) is 4.07. The van der Waals surface area contributed by atoms with E-state index in [2.05, 4.69) is 5.32 Å². The molecule has 0 aromatic heterocycles. The van der Waals surface area contributed by atoms with E-state index in [1.54, 1.807) is 43.3 Å². The average Bonchev–Trinajstić information content (AvgIpc) is 2.94. The van der Waals surface area contributed by atoms with Gasteiger partial charge in [0.2, 0.25) is 11.8 Å². The van der Waals surface area contributed by atoms with Crippen molar-refractivity contribution in [3.63, 3.8) is 0 Å². The van der Waals surface area contributed by atoms with Gasteiger partial charge in [0.05, 0.1) is 10.6 Å². The van der Waals surface area contributed by atoms with E-state index in [4.69, 9.17) is 0 Å². The van der Waals surface area contributed by atoms with Crippen LogP contribution in [-0.4, -0.2) is 44.3 Å². The molecule has 9 heteroatoms. The number of halogens is 1. The Labute approximate surface area is 224 Å². The Morgan fingerprint density at radius 1 is 0.895 bits per heavy atom. The minimum absolute atomic E-state index is 0.0353. The van der Waals surface area contributed by atoms with Gasteiger partial charge in [-0.3, -0.25) is 13.9 Å². The molecule has 38 heavy (non-hydrogen) atoms. The number of aryl methyl sites for hydroxylation is 1. The van der Waals surface area contributed by atoms with Crippen molar-refractivity contribution in [2.75, 3.05) is 17.4 Å². The van der Waals surface area contributed by atoms with E-state index in [9.17, 15) is 22.4 Å². The molecule has 1 N–H and O–H groups in total. The second-order valence-electron chi connectivity index (χ2n) is 8.89. The minimum atomic E-state index is -4.15. The molecule has 0 aliphatic carbocycles. The lowest BCUT2D eigenvalue weighted by molar-refractivity contribution is -0.139. The molecule has 0 spiro atoms. The largest absolute Gasteiger partial charge is 0.354 e. The summed E-state index contributed by atoms with van der Waals surface area (Å²) in [6.45, 7) is 5.03. The molecular weight excluding hydrogens is 505 g/mol. The minimum Gasteiger partial charge on any atom is -0.354 e. The number of anilines is 1. The summed E-state index contributed by atoms with van der Waals surface area (Å²) in [6, 6.07) is 19.9. The molecule has 0 saturated carbocycles. The van der Waals surface area contributed by atoms with Crippen LogP contribution in [0.5, 0.6) is 0 Å². The highest BCUT2D eigenvalue weighted by Gasteiger charge is 2.33. The standard InChI is InChI=1S/C29H34FN3O4S/c1-4-19-31-29(35)22(3)32(20-24-14-9-11-17-26(24)30)28(34)21-33(27-18-12-10-13-23(27)5-2)38(36,37)25-15-7-6-8-16-25/h6-18,22H,4-5,19-21H2,1-3H3,(H,31,35)/t22-/m1/s1. The van der Waals surface area contributed by atoms with Crippen LogP contribution in [0.4, 0.5) is 10.1 Å². The van der Waals surface area contributed by atoms with Crippen molar-refractivity contribution in [2.45, 2.75) is 51.1 Å². The number of amides is 2. The lowest BCUT2D eigenvalue weighted by atomic mass is 10.1. The zero-order chi connectivity index (χ0) is 27.7. The van der Waals surface area contributed by atoms with Crippen LogP contribution < -0.4 is 9.62 Å². The second kappa shape index (κ2) is 13.2. The number of rotatable bonds is 12. The Hall–Kier alpha value is -3.72. The number of carbonyl (C=O) groups is 2. The molecule has 3 aromatic carbocycles. The Morgan fingerprint density at radius 3 is 2.13 bits per heavy atom. The average molecular weight is 540 g/mol. The van der Waals surface area contributed by atoms with Crippen LogP contribution in [0.25, 0.3) is 0 Å². The summed E-state index contributed by atoms with van der Waals surface area (Å²) in [7, 11) is -4.15. The van der Waals surface area contributed by atoms with Crippen molar-refractivity contribution in [2.24, 2.45) is 0 Å². The number of hydrogen-bond donors (Lipinski definition) is 1. The molecule has 7 nitrogen and oxygen atoms in total. The summed E-state index contributed by atoms with van der Waals surface area (Å²) in [6.07, 6.45) is 1.25. The van der Waals surface area contributed by atoms with Gasteiger partial charge >= 0.3 is 0 Å². The highest BCUT2D eigenvalue weighted by Crippen LogP contribution is 2.28. The highest BCUT2D eigenvalue weighted by molar-refractivity contribution is 7.92. The van der Waals surface area contributed by atoms with Crippen molar-refractivity contribution < 1.29 is 22.4 Å². The van der Waals surface area contributed by atoms with Crippen LogP contribution in [0.1, 0.15) is 38.3 Å². The van der Waals surface area contributed by atoms with Gasteiger partial charge in [0.1, 0.15) is 18.4 Å². The summed E-state index contributed by atoms with van der Waals surface area (Å²) in [5.74, 6) is -1.54. The van der Waals surface area contributed by atoms with Crippen molar-refractivity contribution in [1.29, 1.82) is 0 Å². The van der Waals surface area contributed by atoms with Gasteiger partial charge in [-0.25, -0.2) is 12.8 Å². The maximum absolute atomic E-state index is 14.6. The SMILES string of the molecule is CCCNC(=O)[C@@H](C)N(Cc1ccccc1F)C(=O)CN(c1ccccc1CC)S(=O)(=O)c1ccccc1. The van der Waals surface area contributed by atoms with Crippen LogP contribution in [0.2, 0.25) is 0 Å². The summed E-state index contributed by atoms with van der Waals surface area (Å²) < 4.78 is 43.3. The fraction of sp³-hybridized carbons (Fsp3) is 0.310.